The van der Waals surface area contributed by atoms with Crippen molar-refractivity contribution in [3.63, 3.8) is 0 Å². The van der Waals surface area contributed by atoms with Crippen LogP contribution in [-0.2, 0) is 9.53 Å². The normalized spacial score (nSPS) is 18.2. The van der Waals surface area contributed by atoms with E-state index >= 15 is 0 Å². The number of esters is 1. The van der Waals surface area contributed by atoms with Crippen LogP contribution >= 0.6 is 0 Å². The molecule has 1 aliphatic heterocycles. The van der Waals surface area contributed by atoms with Gasteiger partial charge in [-0.15, -0.1) is 0 Å². The van der Waals surface area contributed by atoms with Gasteiger partial charge in [-0.1, -0.05) is 32.4 Å². The second kappa shape index (κ2) is 3.13. The molecule has 12 heavy (non-hydrogen) atoms. The molecule has 0 aliphatic carbocycles. The molecule has 0 saturated heterocycles. The van der Waals surface area contributed by atoms with Gasteiger partial charge in [-0.25, -0.2) is 0 Å². The van der Waals surface area contributed by atoms with Gasteiger partial charge in [-0.3, -0.25) is 4.79 Å². The number of allylic oxidation sites excluding steroid dienone is 2. The maximum atomic E-state index is 11.0. The highest BCUT2D eigenvalue weighted by Crippen LogP contribution is 2.29. The van der Waals surface area contributed by atoms with E-state index in [0.29, 0.717) is 6.42 Å². The van der Waals surface area contributed by atoms with E-state index in [1.165, 1.54) is 6.26 Å². The smallest absolute Gasteiger partial charge is 0.314 e. The summed E-state index contributed by atoms with van der Waals surface area (Å²) in [6.07, 6.45) is 5.55. The molecule has 2 heteroatoms. The topological polar surface area (TPSA) is 26.3 Å². The van der Waals surface area contributed by atoms with Gasteiger partial charge in [0.25, 0.3) is 0 Å². The number of ether oxygens (including phenoxy) is 1. The van der Waals surface area contributed by atoms with Crippen LogP contribution in [0, 0.1) is 5.41 Å². The Bertz CT molecular complexity index is 241. The predicted molar refractivity (Wildman–Crippen MR) is 47.4 cm³/mol. The van der Waals surface area contributed by atoms with Crippen LogP contribution in [0.15, 0.2) is 24.0 Å². The van der Waals surface area contributed by atoms with Crippen molar-refractivity contribution in [3.05, 3.63) is 24.0 Å². The van der Waals surface area contributed by atoms with Crippen molar-refractivity contribution in [2.24, 2.45) is 5.41 Å². The van der Waals surface area contributed by atoms with Crippen molar-refractivity contribution < 1.29 is 9.53 Å². The molecule has 1 rings (SSSR count). The summed E-state index contributed by atoms with van der Waals surface area (Å²) < 4.78 is 4.76. The Morgan fingerprint density at radius 2 is 2.08 bits per heavy atom. The van der Waals surface area contributed by atoms with Gasteiger partial charge < -0.3 is 4.74 Å². The molecule has 0 unspecified atom stereocenters. The standard InChI is InChI=1S/C10H14O2/c1-10(2,3)8-5-4-6-12-9(11)7-8/h4-6H,7H2,1-3H3. The first-order valence-electron chi connectivity index (χ1n) is 4.06. The Labute approximate surface area is 72.9 Å². The zero-order chi connectivity index (χ0) is 9.19. The van der Waals surface area contributed by atoms with E-state index in [-0.39, 0.29) is 11.4 Å². The van der Waals surface area contributed by atoms with Crippen LogP contribution in [0.25, 0.3) is 0 Å². The quantitative estimate of drug-likeness (QED) is 0.516. The second-order valence-electron chi connectivity index (χ2n) is 3.94. The minimum absolute atomic E-state index is 0.0493. The Morgan fingerprint density at radius 1 is 1.42 bits per heavy atom. The Morgan fingerprint density at radius 3 is 2.67 bits per heavy atom. The van der Waals surface area contributed by atoms with Crippen molar-refractivity contribution in [1.29, 1.82) is 0 Å². The largest absolute Gasteiger partial charge is 0.434 e. The van der Waals surface area contributed by atoms with Crippen LogP contribution in [0.5, 0.6) is 0 Å². The molecule has 1 heterocycles. The highest BCUT2D eigenvalue weighted by atomic mass is 16.5. The van der Waals surface area contributed by atoms with E-state index in [4.69, 9.17) is 4.74 Å². The van der Waals surface area contributed by atoms with Crippen molar-refractivity contribution in [2.45, 2.75) is 27.2 Å². The molecule has 2 nitrogen and oxygen atoms in total. The molecule has 0 aromatic carbocycles. The summed E-state index contributed by atoms with van der Waals surface area (Å²) in [5.41, 5.74) is 1.16. The molecule has 0 bridgehead atoms. The molecule has 0 spiro atoms. The lowest BCUT2D eigenvalue weighted by Gasteiger charge is -2.20. The summed E-state index contributed by atoms with van der Waals surface area (Å²) in [5.74, 6) is -0.176. The molecule has 0 aromatic rings. The number of cyclic esters (lactones) is 1. The fourth-order valence-corrected chi connectivity index (χ4v) is 1.04. The summed E-state index contributed by atoms with van der Waals surface area (Å²) >= 11 is 0. The Kier molecular flexibility index (Phi) is 2.36. The van der Waals surface area contributed by atoms with Crippen LogP contribution < -0.4 is 0 Å². The van der Waals surface area contributed by atoms with Crippen LogP contribution in [0.1, 0.15) is 27.2 Å². The van der Waals surface area contributed by atoms with Gasteiger partial charge in [0, 0.05) is 0 Å². The molecular formula is C10H14O2. The summed E-state index contributed by atoms with van der Waals surface area (Å²) in [6, 6.07) is 0. The third kappa shape index (κ3) is 2.22. The number of hydrogen-bond donors (Lipinski definition) is 0. The van der Waals surface area contributed by atoms with Crippen molar-refractivity contribution in [3.8, 4) is 0 Å². The number of hydrogen-bond acceptors (Lipinski definition) is 2. The molecule has 0 N–H and O–H groups in total. The first-order chi connectivity index (χ1) is 5.50. The van der Waals surface area contributed by atoms with E-state index in [0.717, 1.165) is 5.57 Å². The lowest BCUT2D eigenvalue weighted by Crippen LogP contribution is -2.12. The summed E-state index contributed by atoms with van der Waals surface area (Å²) in [5, 5.41) is 0. The van der Waals surface area contributed by atoms with Crippen LogP contribution in [0.3, 0.4) is 0 Å². The van der Waals surface area contributed by atoms with Crippen molar-refractivity contribution in [1.82, 2.24) is 0 Å². The first-order valence-corrected chi connectivity index (χ1v) is 4.06. The van der Waals surface area contributed by atoms with Gasteiger partial charge in [0.1, 0.15) is 0 Å². The lowest BCUT2D eigenvalue weighted by molar-refractivity contribution is -0.137. The molecule has 0 aromatic heterocycles. The molecule has 0 atom stereocenters. The maximum Gasteiger partial charge on any atom is 0.314 e. The van der Waals surface area contributed by atoms with Crippen LogP contribution in [0.2, 0.25) is 0 Å². The average Bonchev–Trinajstić information content (AvgIpc) is 2.11. The molecular weight excluding hydrogens is 152 g/mol. The van der Waals surface area contributed by atoms with E-state index in [1.54, 1.807) is 6.08 Å². The van der Waals surface area contributed by atoms with E-state index in [2.05, 4.69) is 20.8 Å². The first kappa shape index (κ1) is 9.04. The number of carbonyl (C=O) groups is 1. The third-order valence-corrected chi connectivity index (χ3v) is 1.87. The molecule has 66 valence electrons. The SMILES string of the molecule is CC(C)(C)C1=CC=COC(=O)C1. The van der Waals surface area contributed by atoms with Gasteiger partial charge in [0.2, 0.25) is 0 Å². The second-order valence-corrected chi connectivity index (χ2v) is 3.94. The van der Waals surface area contributed by atoms with E-state index in [1.807, 2.05) is 6.08 Å². The van der Waals surface area contributed by atoms with Crippen molar-refractivity contribution >= 4 is 5.97 Å². The van der Waals surface area contributed by atoms with E-state index < -0.39 is 0 Å². The minimum atomic E-state index is -0.176. The Balaban J connectivity index is 2.84. The molecule has 1 aliphatic rings. The average molecular weight is 166 g/mol. The van der Waals surface area contributed by atoms with E-state index in [9.17, 15) is 4.79 Å². The third-order valence-electron chi connectivity index (χ3n) is 1.87. The van der Waals surface area contributed by atoms with Crippen LogP contribution in [-0.4, -0.2) is 5.97 Å². The minimum Gasteiger partial charge on any atom is -0.434 e. The highest BCUT2D eigenvalue weighted by molar-refractivity contribution is 5.74. The zero-order valence-electron chi connectivity index (χ0n) is 7.76. The van der Waals surface area contributed by atoms with Gasteiger partial charge >= 0.3 is 5.97 Å². The Hall–Kier alpha value is -1.05. The number of carbonyl (C=O) groups excluding carboxylic acids is 1. The molecule has 0 amide bonds. The maximum absolute atomic E-state index is 11.0. The fraction of sp³-hybridized carbons (Fsp3) is 0.500. The molecule has 0 fully saturated rings. The zero-order valence-corrected chi connectivity index (χ0v) is 7.76. The predicted octanol–water partition coefficient (Wildman–Crippen LogP) is 2.42. The summed E-state index contributed by atoms with van der Waals surface area (Å²) in [6.45, 7) is 6.27. The monoisotopic (exact) mass is 166 g/mol. The van der Waals surface area contributed by atoms with Gasteiger partial charge in [-0.2, -0.15) is 0 Å². The molecule has 0 saturated carbocycles. The van der Waals surface area contributed by atoms with Gasteiger partial charge in [-0.05, 0) is 11.5 Å². The summed E-state index contributed by atoms with van der Waals surface area (Å²) in [7, 11) is 0. The highest BCUT2D eigenvalue weighted by Gasteiger charge is 2.20. The number of rotatable bonds is 0. The van der Waals surface area contributed by atoms with Crippen molar-refractivity contribution in [2.75, 3.05) is 0 Å². The summed E-state index contributed by atoms with van der Waals surface area (Å²) in [4.78, 5) is 11.0. The van der Waals surface area contributed by atoms with Gasteiger partial charge in [0.15, 0.2) is 0 Å². The van der Waals surface area contributed by atoms with Gasteiger partial charge in [0.05, 0.1) is 12.7 Å². The molecule has 0 radical (unpaired) electrons. The fourth-order valence-electron chi connectivity index (χ4n) is 1.04. The lowest BCUT2D eigenvalue weighted by atomic mass is 9.84. The van der Waals surface area contributed by atoms with Crippen LogP contribution in [0.4, 0.5) is 0 Å².